The van der Waals surface area contributed by atoms with Gasteiger partial charge in [-0.3, -0.25) is 4.79 Å². The Labute approximate surface area is 127 Å². The lowest BCUT2D eigenvalue weighted by atomic mass is 10.0. The molecule has 0 atom stereocenters. The summed E-state index contributed by atoms with van der Waals surface area (Å²) in [4.78, 5) is 14.0. The number of carbonyl (C=O) groups excluding carboxylic acids is 1. The summed E-state index contributed by atoms with van der Waals surface area (Å²) in [5.41, 5.74) is 0. The smallest absolute Gasteiger partial charge is 0.225 e. The Balaban J connectivity index is 1.41. The molecule has 4 nitrogen and oxygen atoms in total. The summed E-state index contributed by atoms with van der Waals surface area (Å²) in [5, 5.41) is 3.52. The van der Waals surface area contributed by atoms with Gasteiger partial charge in [0.1, 0.15) is 5.76 Å². The van der Waals surface area contributed by atoms with Crippen LogP contribution in [0.5, 0.6) is 0 Å². The van der Waals surface area contributed by atoms with Crippen LogP contribution in [-0.4, -0.2) is 29.9 Å². The normalized spacial score (nSPS) is 20.8. The maximum absolute atomic E-state index is 11.9. The van der Waals surface area contributed by atoms with Crippen molar-refractivity contribution in [2.75, 3.05) is 13.1 Å². The second-order valence-corrected chi connectivity index (χ2v) is 6.52. The van der Waals surface area contributed by atoms with Gasteiger partial charge < -0.3 is 14.6 Å². The van der Waals surface area contributed by atoms with E-state index in [1.807, 2.05) is 17.0 Å². The minimum Gasteiger partial charge on any atom is -0.454 e. The van der Waals surface area contributed by atoms with E-state index in [4.69, 9.17) is 4.42 Å². The lowest BCUT2D eigenvalue weighted by molar-refractivity contribution is -0.133. The summed E-state index contributed by atoms with van der Waals surface area (Å²) in [6.07, 6.45) is 4.31. The third-order valence-electron chi connectivity index (χ3n) is 3.93. The highest BCUT2D eigenvalue weighted by molar-refractivity contribution is 14.1. The van der Waals surface area contributed by atoms with Crippen molar-refractivity contribution in [3.8, 4) is 0 Å². The number of hydrogen-bond acceptors (Lipinski definition) is 3. The molecule has 104 valence electrons. The molecule has 0 aromatic carbocycles. The van der Waals surface area contributed by atoms with Gasteiger partial charge in [0.2, 0.25) is 5.91 Å². The molecule has 2 fully saturated rings. The third kappa shape index (κ3) is 3.51. The molecule has 1 aliphatic heterocycles. The van der Waals surface area contributed by atoms with Gasteiger partial charge in [-0.25, -0.2) is 0 Å². The average Bonchev–Trinajstić information content (AvgIpc) is 3.19. The number of amides is 1. The van der Waals surface area contributed by atoms with E-state index in [1.54, 1.807) is 0 Å². The highest BCUT2D eigenvalue weighted by Gasteiger charge is 2.34. The van der Waals surface area contributed by atoms with E-state index in [9.17, 15) is 4.79 Å². The van der Waals surface area contributed by atoms with Crippen molar-refractivity contribution in [1.29, 1.82) is 0 Å². The quantitative estimate of drug-likeness (QED) is 0.824. The molecular formula is C14H19IN2O2. The van der Waals surface area contributed by atoms with Crippen LogP contribution in [0.4, 0.5) is 0 Å². The minimum absolute atomic E-state index is 0.356. The van der Waals surface area contributed by atoms with E-state index >= 15 is 0 Å². The highest BCUT2D eigenvalue weighted by atomic mass is 127. The standard InChI is InChI=1S/C14H19IN2O2/c15-13-4-3-12(19-13)9-16-11-5-7-17(8-6-11)14(18)10-1-2-10/h3-4,10-11,16H,1-2,5-9H2. The van der Waals surface area contributed by atoms with E-state index in [2.05, 4.69) is 27.9 Å². The first kappa shape index (κ1) is 13.4. The molecule has 1 saturated heterocycles. The largest absolute Gasteiger partial charge is 0.454 e. The van der Waals surface area contributed by atoms with Gasteiger partial charge in [-0.2, -0.15) is 0 Å². The SMILES string of the molecule is O=C(C1CC1)N1CCC(NCc2ccc(I)o2)CC1. The zero-order chi connectivity index (χ0) is 13.2. The Morgan fingerprint density at radius 1 is 1.32 bits per heavy atom. The summed E-state index contributed by atoms with van der Waals surface area (Å²) in [5.74, 6) is 1.73. The molecule has 0 spiro atoms. The van der Waals surface area contributed by atoms with Crippen molar-refractivity contribution >= 4 is 28.5 Å². The number of furan rings is 1. The fourth-order valence-corrected chi connectivity index (χ4v) is 3.05. The summed E-state index contributed by atoms with van der Waals surface area (Å²) in [6, 6.07) is 4.50. The fraction of sp³-hybridized carbons (Fsp3) is 0.643. The van der Waals surface area contributed by atoms with Crippen LogP contribution in [0.2, 0.25) is 0 Å². The van der Waals surface area contributed by atoms with E-state index in [-0.39, 0.29) is 0 Å². The average molecular weight is 374 g/mol. The van der Waals surface area contributed by atoms with Crippen LogP contribution in [0.25, 0.3) is 0 Å². The summed E-state index contributed by atoms with van der Waals surface area (Å²) in [7, 11) is 0. The van der Waals surface area contributed by atoms with Gasteiger partial charge >= 0.3 is 0 Å². The number of nitrogens with one attached hydrogen (secondary N) is 1. The number of piperidine rings is 1. The topological polar surface area (TPSA) is 45.5 Å². The molecule has 1 aliphatic carbocycles. The van der Waals surface area contributed by atoms with Crippen molar-refractivity contribution in [1.82, 2.24) is 10.2 Å². The minimum atomic E-state index is 0.356. The second kappa shape index (κ2) is 5.83. The molecule has 3 rings (SSSR count). The van der Waals surface area contributed by atoms with Gasteiger partial charge in [-0.1, -0.05) is 0 Å². The molecule has 1 aromatic rings. The Bertz CT molecular complexity index is 448. The van der Waals surface area contributed by atoms with Crippen LogP contribution in [0.15, 0.2) is 16.5 Å². The van der Waals surface area contributed by atoms with Gasteiger partial charge in [-0.15, -0.1) is 0 Å². The van der Waals surface area contributed by atoms with Crippen molar-refractivity contribution in [2.45, 2.75) is 38.3 Å². The van der Waals surface area contributed by atoms with E-state index in [0.717, 1.165) is 54.8 Å². The molecule has 1 amide bonds. The number of rotatable bonds is 4. The van der Waals surface area contributed by atoms with E-state index in [0.29, 0.717) is 17.9 Å². The van der Waals surface area contributed by atoms with Crippen LogP contribution in [0, 0.1) is 9.68 Å². The Kier molecular flexibility index (Phi) is 4.12. The van der Waals surface area contributed by atoms with Crippen LogP contribution in [-0.2, 0) is 11.3 Å². The fourth-order valence-electron chi connectivity index (χ4n) is 2.58. The van der Waals surface area contributed by atoms with Gasteiger partial charge in [0, 0.05) is 25.0 Å². The number of hydrogen-bond donors (Lipinski definition) is 1. The highest BCUT2D eigenvalue weighted by Crippen LogP contribution is 2.31. The molecule has 19 heavy (non-hydrogen) atoms. The molecule has 0 unspecified atom stereocenters. The number of halogens is 1. The zero-order valence-electron chi connectivity index (χ0n) is 10.9. The van der Waals surface area contributed by atoms with E-state index < -0.39 is 0 Å². The summed E-state index contributed by atoms with van der Waals surface area (Å²) >= 11 is 2.18. The number of likely N-dealkylation sites (tertiary alicyclic amines) is 1. The van der Waals surface area contributed by atoms with Crippen molar-refractivity contribution in [2.24, 2.45) is 5.92 Å². The molecule has 0 radical (unpaired) electrons. The summed E-state index contributed by atoms with van der Waals surface area (Å²) in [6.45, 7) is 2.59. The first-order chi connectivity index (χ1) is 9.22. The number of carbonyl (C=O) groups is 1. The molecule has 0 bridgehead atoms. The predicted octanol–water partition coefficient (Wildman–Crippen LogP) is 2.37. The first-order valence-electron chi connectivity index (χ1n) is 6.99. The first-order valence-corrected chi connectivity index (χ1v) is 8.06. The molecule has 1 aromatic heterocycles. The molecular weight excluding hydrogens is 355 g/mol. The van der Waals surface area contributed by atoms with Crippen molar-refractivity contribution < 1.29 is 9.21 Å². The molecule has 2 heterocycles. The zero-order valence-corrected chi connectivity index (χ0v) is 13.1. The van der Waals surface area contributed by atoms with Crippen molar-refractivity contribution in [3.63, 3.8) is 0 Å². The van der Waals surface area contributed by atoms with Gasteiger partial charge in [0.25, 0.3) is 0 Å². The monoisotopic (exact) mass is 374 g/mol. The second-order valence-electron chi connectivity index (χ2n) is 5.46. The molecule has 1 saturated carbocycles. The van der Waals surface area contributed by atoms with Crippen LogP contribution < -0.4 is 5.32 Å². The van der Waals surface area contributed by atoms with Crippen LogP contribution in [0.1, 0.15) is 31.4 Å². The number of nitrogens with zero attached hydrogens (tertiary/aromatic N) is 1. The van der Waals surface area contributed by atoms with Crippen LogP contribution >= 0.6 is 22.6 Å². The summed E-state index contributed by atoms with van der Waals surface area (Å²) < 4.78 is 6.46. The molecule has 1 N–H and O–H groups in total. The van der Waals surface area contributed by atoms with Crippen LogP contribution in [0.3, 0.4) is 0 Å². The molecule has 2 aliphatic rings. The van der Waals surface area contributed by atoms with Crippen molar-refractivity contribution in [3.05, 3.63) is 21.7 Å². The third-order valence-corrected chi connectivity index (χ3v) is 4.51. The maximum Gasteiger partial charge on any atom is 0.225 e. The Morgan fingerprint density at radius 2 is 2.05 bits per heavy atom. The van der Waals surface area contributed by atoms with Gasteiger partial charge in [0.05, 0.1) is 6.54 Å². The van der Waals surface area contributed by atoms with Gasteiger partial charge in [-0.05, 0) is 60.4 Å². The molecule has 5 heteroatoms. The lowest BCUT2D eigenvalue weighted by Gasteiger charge is -2.32. The lowest BCUT2D eigenvalue weighted by Crippen LogP contribution is -2.45. The predicted molar refractivity (Wildman–Crippen MR) is 80.6 cm³/mol. The Morgan fingerprint density at radius 3 is 2.63 bits per heavy atom. The van der Waals surface area contributed by atoms with E-state index in [1.165, 1.54) is 0 Å². The maximum atomic E-state index is 11.9. The Hall–Kier alpha value is -0.560. The van der Waals surface area contributed by atoms with Gasteiger partial charge in [0.15, 0.2) is 3.77 Å².